The van der Waals surface area contributed by atoms with Crippen LogP contribution in [0, 0.1) is 5.41 Å². The van der Waals surface area contributed by atoms with Crippen LogP contribution in [0.3, 0.4) is 0 Å². The van der Waals surface area contributed by atoms with Crippen molar-refractivity contribution in [1.29, 1.82) is 0 Å². The van der Waals surface area contributed by atoms with Crippen LogP contribution in [0.25, 0.3) is 0 Å². The summed E-state index contributed by atoms with van der Waals surface area (Å²) >= 11 is 0. The predicted octanol–water partition coefficient (Wildman–Crippen LogP) is 2.53. The first-order valence-corrected chi connectivity index (χ1v) is 6.88. The van der Waals surface area contributed by atoms with Crippen molar-refractivity contribution in [2.24, 2.45) is 11.1 Å². The topological polar surface area (TPSA) is 38.5 Å². The summed E-state index contributed by atoms with van der Waals surface area (Å²) in [7, 11) is 1.74. The molecule has 0 amide bonds. The van der Waals surface area contributed by atoms with E-state index in [9.17, 15) is 0 Å². The third kappa shape index (κ3) is 1.87. The first-order valence-electron chi connectivity index (χ1n) is 6.88. The molecule has 0 radical (unpaired) electrons. The Hall–Kier alpha value is -1.22. The minimum atomic E-state index is 0.570. The zero-order valence-corrected chi connectivity index (χ0v) is 11.1. The molecule has 2 fully saturated rings. The predicted molar refractivity (Wildman–Crippen MR) is 74.0 cm³/mol. The van der Waals surface area contributed by atoms with Crippen molar-refractivity contribution in [1.82, 2.24) is 0 Å². The van der Waals surface area contributed by atoms with Crippen LogP contribution in [0.15, 0.2) is 18.2 Å². The normalized spacial score (nSPS) is 21.1. The Kier molecular flexibility index (Phi) is 2.94. The maximum Gasteiger partial charge on any atom is 0.142 e. The van der Waals surface area contributed by atoms with Gasteiger partial charge in [0.05, 0.1) is 12.8 Å². The Labute approximate surface area is 109 Å². The molecule has 0 bridgehead atoms. The van der Waals surface area contributed by atoms with E-state index < -0.39 is 0 Å². The van der Waals surface area contributed by atoms with Crippen LogP contribution < -0.4 is 15.4 Å². The van der Waals surface area contributed by atoms with Crippen molar-refractivity contribution >= 4 is 5.69 Å². The molecule has 2 N–H and O–H groups in total. The highest BCUT2D eigenvalue weighted by atomic mass is 16.5. The van der Waals surface area contributed by atoms with Gasteiger partial charge in [0, 0.05) is 25.0 Å². The minimum Gasteiger partial charge on any atom is -0.495 e. The lowest BCUT2D eigenvalue weighted by atomic mass is 9.78. The Balaban J connectivity index is 1.77. The molecule has 0 unspecified atom stereocenters. The number of ether oxygens (including phenoxy) is 1. The highest BCUT2D eigenvalue weighted by Crippen LogP contribution is 2.48. The van der Waals surface area contributed by atoms with Gasteiger partial charge in [0.2, 0.25) is 0 Å². The molecule has 0 atom stereocenters. The molecule has 1 aliphatic heterocycles. The fourth-order valence-electron chi connectivity index (χ4n) is 3.49. The summed E-state index contributed by atoms with van der Waals surface area (Å²) in [4.78, 5) is 2.45. The van der Waals surface area contributed by atoms with Crippen LogP contribution in [0.4, 0.5) is 5.69 Å². The van der Waals surface area contributed by atoms with Gasteiger partial charge in [-0.1, -0.05) is 18.9 Å². The van der Waals surface area contributed by atoms with Crippen LogP contribution in [0.1, 0.15) is 31.2 Å². The van der Waals surface area contributed by atoms with Crippen LogP contribution in [0.5, 0.6) is 5.75 Å². The molecule has 1 spiro atoms. The lowest BCUT2D eigenvalue weighted by molar-refractivity contribution is 0.220. The van der Waals surface area contributed by atoms with E-state index in [2.05, 4.69) is 23.1 Å². The van der Waals surface area contributed by atoms with Crippen molar-refractivity contribution < 1.29 is 4.74 Å². The number of nitrogens with two attached hydrogens (primary N) is 1. The van der Waals surface area contributed by atoms with E-state index in [-0.39, 0.29) is 0 Å². The average molecular weight is 246 g/mol. The van der Waals surface area contributed by atoms with Gasteiger partial charge in [0.25, 0.3) is 0 Å². The van der Waals surface area contributed by atoms with Crippen molar-refractivity contribution in [3.63, 3.8) is 0 Å². The molecule has 3 rings (SSSR count). The smallest absolute Gasteiger partial charge is 0.142 e. The SMILES string of the molecule is COc1cc(CN)ccc1N1CC2(CCCC2)C1. The molecule has 1 aromatic carbocycles. The molecule has 3 nitrogen and oxygen atoms in total. The van der Waals surface area contributed by atoms with E-state index >= 15 is 0 Å². The number of hydrogen-bond acceptors (Lipinski definition) is 3. The molecule has 1 aliphatic carbocycles. The maximum atomic E-state index is 5.67. The average Bonchev–Trinajstić information content (AvgIpc) is 2.85. The summed E-state index contributed by atoms with van der Waals surface area (Å²) < 4.78 is 5.50. The number of hydrogen-bond donors (Lipinski definition) is 1. The molecule has 1 saturated carbocycles. The van der Waals surface area contributed by atoms with Gasteiger partial charge in [0.15, 0.2) is 0 Å². The lowest BCUT2D eigenvalue weighted by Gasteiger charge is -2.50. The van der Waals surface area contributed by atoms with Gasteiger partial charge < -0.3 is 15.4 Å². The summed E-state index contributed by atoms with van der Waals surface area (Å²) in [6.07, 6.45) is 5.65. The van der Waals surface area contributed by atoms with E-state index in [1.807, 2.05) is 0 Å². The maximum absolute atomic E-state index is 5.67. The molecular weight excluding hydrogens is 224 g/mol. The van der Waals surface area contributed by atoms with E-state index in [1.165, 1.54) is 44.5 Å². The molecule has 1 aromatic rings. The summed E-state index contributed by atoms with van der Waals surface area (Å²) in [5, 5.41) is 0. The van der Waals surface area contributed by atoms with E-state index in [4.69, 9.17) is 10.5 Å². The second-order valence-electron chi connectivity index (χ2n) is 5.77. The largest absolute Gasteiger partial charge is 0.495 e. The van der Waals surface area contributed by atoms with Crippen molar-refractivity contribution in [2.75, 3.05) is 25.1 Å². The van der Waals surface area contributed by atoms with Gasteiger partial charge in [-0.25, -0.2) is 0 Å². The molecule has 98 valence electrons. The number of nitrogens with zero attached hydrogens (tertiary/aromatic N) is 1. The third-order valence-corrected chi connectivity index (χ3v) is 4.54. The van der Waals surface area contributed by atoms with E-state index in [0.717, 1.165) is 11.3 Å². The van der Waals surface area contributed by atoms with E-state index in [1.54, 1.807) is 7.11 Å². The van der Waals surface area contributed by atoms with Crippen LogP contribution in [-0.4, -0.2) is 20.2 Å². The molecular formula is C15H22N2O. The minimum absolute atomic E-state index is 0.570. The fraction of sp³-hybridized carbons (Fsp3) is 0.600. The third-order valence-electron chi connectivity index (χ3n) is 4.54. The number of benzene rings is 1. The molecule has 2 aliphatic rings. The standard InChI is InChI=1S/C15H22N2O/c1-18-14-8-12(9-16)4-5-13(14)17-10-15(11-17)6-2-3-7-15/h4-5,8H,2-3,6-7,9-11,16H2,1H3. The second-order valence-corrected chi connectivity index (χ2v) is 5.77. The first kappa shape index (κ1) is 11.8. The van der Waals surface area contributed by atoms with Crippen molar-refractivity contribution in [3.05, 3.63) is 23.8 Å². The second kappa shape index (κ2) is 4.47. The van der Waals surface area contributed by atoms with Gasteiger partial charge in [-0.15, -0.1) is 0 Å². The van der Waals surface area contributed by atoms with Crippen LogP contribution >= 0.6 is 0 Å². The molecule has 18 heavy (non-hydrogen) atoms. The summed E-state index contributed by atoms with van der Waals surface area (Å²) in [5.74, 6) is 0.964. The Bertz CT molecular complexity index is 430. The summed E-state index contributed by atoms with van der Waals surface area (Å²) in [6.45, 7) is 2.97. The number of anilines is 1. The van der Waals surface area contributed by atoms with Gasteiger partial charge in [-0.3, -0.25) is 0 Å². The van der Waals surface area contributed by atoms with Gasteiger partial charge in [0.1, 0.15) is 5.75 Å². The zero-order valence-electron chi connectivity index (χ0n) is 11.1. The Morgan fingerprint density at radius 2 is 2.00 bits per heavy atom. The summed E-state index contributed by atoms with van der Waals surface area (Å²) in [5.41, 5.74) is 8.65. The van der Waals surface area contributed by atoms with Crippen molar-refractivity contribution in [2.45, 2.75) is 32.2 Å². The number of rotatable bonds is 3. The Morgan fingerprint density at radius 3 is 2.61 bits per heavy atom. The fourth-order valence-corrected chi connectivity index (χ4v) is 3.49. The van der Waals surface area contributed by atoms with Crippen LogP contribution in [0.2, 0.25) is 0 Å². The van der Waals surface area contributed by atoms with Crippen LogP contribution in [-0.2, 0) is 6.54 Å². The van der Waals surface area contributed by atoms with Gasteiger partial charge >= 0.3 is 0 Å². The molecule has 1 heterocycles. The number of methoxy groups -OCH3 is 1. The highest BCUT2D eigenvalue weighted by Gasteiger charge is 2.45. The summed E-state index contributed by atoms with van der Waals surface area (Å²) in [6, 6.07) is 6.33. The van der Waals surface area contributed by atoms with Gasteiger partial charge in [-0.2, -0.15) is 0 Å². The highest BCUT2D eigenvalue weighted by molar-refractivity contribution is 5.62. The zero-order chi connectivity index (χ0) is 12.6. The van der Waals surface area contributed by atoms with E-state index in [0.29, 0.717) is 12.0 Å². The van der Waals surface area contributed by atoms with Crippen molar-refractivity contribution in [3.8, 4) is 5.75 Å². The molecule has 1 saturated heterocycles. The lowest BCUT2D eigenvalue weighted by Crippen LogP contribution is -2.55. The molecule has 0 aromatic heterocycles. The molecule has 3 heteroatoms. The monoisotopic (exact) mass is 246 g/mol. The quantitative estimate of drug-likeness (QED) is 0.890. The van der Waals surface area contributed by atoms with Gasteiger partial charge in [-0.05, 0) is 30.5 Å². The Morgan fingerprint density at radius 1 is 1.28 bits per heavy atom. The first-order chi connectivity index (χ1) is 8.76.